The molecule has 316 valence electrons. The Morgan fingerprint density at radius 1 is 0.435 bits per heavy atom. The molecule has 0 bridgehead atoms. The number of carbonyl (C=O) groups excluding carboxylic acids is 4. The van der Waals surface area contributed by atoms with Crippen LogP contribution in [0.25, 0.3) is 22.3 Å². The third-order valence-electron chi connectivity index (χ3n) is 9.57. The fourth-order valence-electron chi connectivity index (χ4n) is 6.33. The first-order valence-electron chi connectivity index (χ1n) is 20.1. The van der Waals surface area contributed by atoms with E-state index in [0.717, 1.165) is 45.5 Å². The van der Waals surface area contributed by atoms with E-state index in [1.807, 2.05) is 133 Å². The van der Waals surface area contributed by atoms with Crippen molar-refractivity contribution in [1.29, 1.82) is 0 Å². The number of ether oxygens (including phenoxy) is 4. The first kappa shape index (κ1) is 43.7. The highest BCUT2D eigenvalue weighted by Gasteiger charge is 2.14. The van der Waals surface area contributed by atoms with Gasteiger partial charge in [-0.3, -0.25) is 0 Å². The zero-order valence-corrected chi connectivity index (χ0v) is 34.6. The molecule has 0 aliphatic heterocycles. The monoisotopic (exact) mass is 832 g/mol. The van der Waals surface area contributed by atoms with Crippen LogP contribution in [0.1, 0.15) is 11.1 Å². The van der Waals surface area contributed by atoms with Crippen LogP contribution in [0.3, 0.4) is 0 Å². The summed E-state index contributed by atoms with van der Waals surface area (Å²) in [5.74, 6) is 0.519. The number of amides is 4. The Morgan fingerprint density at radius 3 is 1.05 bits per heavy atom. The molecule has 6 rings (SSSR count). The van der Waals surface area contributed by atoms with E-state index in [2.05, 4.69) is 10.6 Å². The Labute approximate surface area is 361 Å². The van der Waals surface area contributed by atoms with Crippen LogP contribution in [-0.2, 0) is 22.7 Å². The second kappa shape index (κ2) is 22.5. The Bertz CT molecular complexity index is 2220. The van der Waals surface area contributed by atoms with Crippen LogP contribution in [0, 0.1) is 0 Å². The van der Waals surface area contributed by atoms with Crippen molar-refractivity contribution < 1.29 is 38.1 Å². The normalized spacial score (nSPS) is 10.7. The second-order valence-corrected chi connectivity index (χ2v) is 13.9. The predicted molar refractivity (Wildman–Crippen MR) is 238 cm³/mol. The predicted octanol–water partition coefficient (Wildman–Crippen LogP) is 8.53. The third-order valence-corrected chi connectivity index (χ3v) is 9.57. The molecule has 0 saturated carbocycles. The van der Waals surface area contributed by atoms with Gasteiger partial charge in [-0.2, -0.15) is 0 Å². The molecule has 0 aliphatic rings. The molecule has 0 fully saturated rings. The van der Waals surface area contributed by atoms with Crippen LogP contribution < -0.4 is 29.6 Å². The maximum Gasteiger partial charge on any atom is 0.336 e. The standard InChI is InChI=1S/C50H48N4O8/c1-51-49(57)53(35-37-9-5-3-6-10-37)31-33-59-43-21-13-39(14-22-43)41-17-25-45(26-18-41)61-47(55)29-30-48(56)62-46-27-19-42(20-28-46)40-15-23-44(24-16-40)60-34-32-54(50(58)52-2)36-38-11-7-4-8-12-38/h3-30H,31-36H2,1-2H3,(H,51,57)(H,52,58). The van der Waals surface area contributed by atoms with Crippen molar-refractivity contribution >= 4 is 24.0 Å². The van der Waals surface area contributed by atoms with Gasteiger partial charge in [0.25, 0.3) is 0 Å². The summed E-state index contributed by atoms with van der Waals surface area (Å²) in [6.07, 6.45) is 2.03. The van der Waals surface area contributed by atoms with Crippen molar-refractivity contribution in [2.45, 2.75) is 13.1 Å². The summed E-state index contributed by atoms with van der Waals surface area (Å²) in [5, 5.41) is 5.37. The maximum atomic E-state index is 12.5. The number of benzene rings is 6. The number of urea groups is 2. The van der Waals surface area contributed by atoms with Crippen LogP contribution in [0.5, 0.6) is 23.0 Å². The van der Waals surface area contributed by atoms with Crippen molar-refractivity contribution in [3.8, 4) is 45.3 Å². The number of nitrogens with one attached hydrogen (secondary N) is 2. The van der Waals surface area contributed by atoms with Crippen molar-refractivity contribution in [3.05, 3.63) is 181 Å². The van der Waals surface area contributed by atoms with Gasteiger partial charge in [0.1, 0.15) is 36.2 Å². The molecular formula is C50H48N4O8. The first-order chi connectivity index (χ1) is 30.3. The summed E-state index contributed by atoms with van der Waals surface area (Å²) in [5.41, 5.74) is 5.74. The lowest BCUT2D eigenvalue weighted by molar-refractivity contribution is -0.131. The molecule has 0 radical (unpaired) electrons. The third kappa shape index (κ3) is 13.3. The molecule has 0 spiro atoms. The van der Waals surface area contributed by atoms with Gasteiger partial charge in [0.05, 0.1) is 13.1 Å². The highest BCUT2D eigenvalue weighted by Crippen LogP contribution is 2.26. The molecule has 6 aromatic rings. The van der Waals surface area contributed by atoms with Gasteiger partial charge in [-0.1, -0.05) is 109 Å². The molecule has 0 saturated heterocycles. The number of rotatable bonds is 18. The van der Waals surface area contributed by atoms with E-state index in [0.29, 0.717) is 62.4 Å². The summed E-state index contributed by atoms with van der Waals surface area (Å²) in [7, 11) is 3.22. The highest BCUT2D eigenvalue weighted by atomic mass is 16.5. The fraction of sp³-hybridized carbons (Fsp3) is 0.160. The minimum atomic E-state index is -0.728. The minimum absolute atomic E-state index is 0.174. The molecule has 0 aromatic heterocycles. The van der Waals surface area contributed by atoms with E-state index in [9.17, 15) is 19.2 Å². The molecule has 4 amide bonds. The van der Waals surface area contributed by atoms with Crippen LogP contribution in [0.2, 0.25) is 0 Å². The molecule has 0 atom stereocenters. The Hall–Kier alpha value is -7.86. The van der Waals surface area contributed by atoms with Gasteiger partial charge in [0.15, 0.2) is 0 Å². The largest absolute Gasteiger partial charge is 0.492 e. The number of hydrogen-bond acceptors (Lipinski definition) is 8. The summed E-state index contributed by atoms with van der Waals surface area (Å²) < 4.78 is 22.6. The lowest BCUT2D eigenvalue weighted by Gasteiger charge is -2.22. The molecule has 6 aromatic carbocycles. The van der Waals surface area contributed by atoms with Gasteiger partial charge in [-0.15, -0.1) is 0 Å². The molecule has 0 heterocycles. The van der Waals surface area contributed by atoms with Crippen LogP contribution in [0.4, 0.5) is 9.59 Å². The van der Waals surface area contributed by atoms with E-state index in [-0.39, 0.29) is 12.1 Å². The van der Waals surface area contributed by atoms with Crippen molar-refractivity contribution in [2.75, 3.05) is 40.4 Å². The van der Waals surface area contributed by atoms with Crippen LogP contribution >= 0.6 is 0 Å². The smallest absolute Gasteiger partial charge is 0.336 e. The lowest BCUT2D eigenvalue weighted by atomic mass is 10.1. The zero-order chi connectivity index (χ0) is 43.5. The van der Waals surface area contributed by atoms with Crippen molar-refractivity contribution in [1.82, 2.24) is 20.4 Å². The molecule has 12 heteroatoms. The fourth-order valence-corrected chi connectivity index (χ4v) is 6.33. The minimum Gasteiger partial charge on any atom is -0.492 e. The number of esters is 2. The van der Waals surface area contributed by atoms with Crippen molar-refractivity contribution in [2.24, 2.45) is 0 Å². The van der Waals surface area contributed by atoms with Gasteiger partial charge in [0, 0.05) is 39.3 Å². The Morgan fingerprint density at radius 2 is 0.742 bits per heavy atom. The Kier molecular flexibility index (Phi) is 15.9. The average Bonchev–Trinajstić information content (AvgIpc) is 3.31. The average molecular weight is 833 g/mol. The number of carbonyl (C=O) groups is 4. The van der Waals surface area contributed by atoms with Gasteiger partial charge >= 0.3 is 24.0 Å². The van der Waals surface area contributed by atoms with Gasteiger partial charge in [-0.25, -0.2) is 19.2 Å². The van der Waals surface area contributed by atoms with Crippen LogP contribution in [-0.4, -0.2) is 74.2 Å². The molecular weight excluding hydrogens is 785 g/mol. The van der Waals surface area contributed by atoms with Gasteiger partial charge in [0.2, 0.25) is 0 Å². The van der Waals surface area contributed by atoms with Crippen LogP contribution in [0.15, 0.2) is 170 Å². The first-order valence-corrected chi connectivity index (χ1v) is 20.1. The van der Waals surface area contributed by atoms with E-state index in [1.54, 1.807) is 48.2 Å². The summed E-state index contributed by atoms with van der Waals surface area (Å²) in [4.78, 5) is 53.1. The molecule has 0 aliphatic carbocycles. The highest BCUT2D eigenvalue weighted by molar-refractivity contribution is 5.93. The molecule has 0 unspecified atom stereocenters. The topological polar surface area (TPSA) is 136 Å². The molecule has 2 N–H and O–H groups in total. The summed E-state index contributed by atoms with van der Waals surface area (Å²) in [6, 6.07) is 48.3. The second-order valence-electron chi connectivity index (χ2n) is 13.9. The van der Waals surface area contributed by atoms with Gasteiger partial charge < -0.3 is 39.4 Å². The van der Waals surface area contributed by atoms with E-state index in [4.69, 9.17) is 18.9 Å². The zero-order valence-electron chi connectivity index (χ0n) is 34.6. The number of nitrogens with zero attached hydrogens (tertiary/aromatic N) is 2. The van der Waals surface area contributed by atoms with Crippen molar-refractivity contribution in [3.63, 3.8) is 0 Å². The summed E-state index contributed by atoms with van der Waals surface area (Å²) >= 11 is 0. The lowest BCUT2D eigenvalue weighted by Crippen LogP contribution is -2.40. The van der Waals surface area contributed by atoms with E-state index < -0.39 is 11.9 Å². The quantitative estimate of drug-likeness (QED) is 0.0500. The maximum absolute atomic E-state index is 12.5. The molecule has 62 heavy (non-hydrogen) atoms. The molecule has 12 nitrogen and oxygen atoms in total. The number of hydrogen-bond donors (Lipinski definition) is 2. The van der Waals surface area contributed by atoms with Gasteiger partial charge in [-0.05, 0) is 81.9 Å². The van der Waals surface area contributed by atoms with E-state index in [1.165, 1.54) is 0 Å². The summed E-state index contributed by atoms with van der Waals surface area (Å²) in [6.45, 7) is 2.43. The van der Waals surface area contributed by atoms with E-state index >= 15 is 0 Å². The SMILES string of the molecule is CNC(=O)N(CCOc1ccc(-c2ccc(OC(=O)C=CC(=O)Oc3ccc(-c4ccc(OCCN(Cc5ccccc5)C(=O)NC)cc4)cc3)cc2)cc1)Cc1ccccc1. The Balaban J connectivity index is 0.910.